The van der Waals surface area contributed by atoms with Crippen LogP contribution in [0.5, 0.6) is 0 Å². The van der Waals surface area contributed by atoms with E-state index in [1.54, 1.807) is 0 Å². The Hall–Kier alpha value is -0.750. The fourth-order valence-electron chi connectivity index (χ4n) is 1.84. The normalized spacial score (nSPS) is 22.6. The standard InChI is InChI=1S/C11H20N2O3S/c1-4-17(16)6-5-12-9-7-10(14)13(8(2)3)11(9)15/h8-9,12H,4-7H2,1-3H3. The van der Waals surface area contributed by atoms with Gasteiger partial charge >= 0.3 is 0 Å². The van der Waals surface area contributed by atoms with E-state index < -0.39 is 16.8 Å². The number of nitrogens with zero attached hydrogens (tertiary/aromatic N) is 1. The fraction of sp³-hybridized carbons (Fsp3) is 0.818. The van der Waals surface area contributed by atoms with Gasteiger partial charge in [-0.2, -0.15) is 0 Å². The molecule has 98 valence electrons. The van der Waals surface area contributed by atoms with Crippen molar-refractivity contribution < 1.29 is 13.8 Å². The maximum Gasteiger partial charge on any atom is 0.247 e. The van der Waals surface area contributed by atoms with Crippen LogP contribution < -0.4 is 5.32 Å². The van der Waals surface area contributed by atoms with Crippen LogP contribution in [0.1, 0.15) is 27.2 Å². The number of likely N-dealkylation sites (tertiary alicyclic amines) is 1. The Labute approximate surface area is 104 Å². The van der Waals surface area contributed by atoms with Crippen molar-refractivity contribution >= 4 is 22.6 Å². The van der Waals surface area contributed by atoms with Gasteiger partial charge in [-0.25, -0.2) is 0 Å². The average Bonchev–Trinajstić information content (AvgIpc) is 2.53. The van der Waals surface area contributed by atoms with Crippen LogP contribution in [0.15, 0.2) is 0 Å². The van der Waals surface area contributed by atoms with Crippen LogP contribution >= 0.6 is 0 Å². The predicted molar refractivity (Wildman–Crippen MR) is 66.9 cm³/mol. The number of rotatable bonds is 6. The Balaban J connectivity index is 2.44. The van der Waals surface area contributed by atoms with Gasteiger partial charge < -0.3 is 5.32 Å². The van der Waals surface area contributed by atoms with Crippen molar-refractivity contribution in [3.8, 4) is 0 Å². The Morgan fingerprint density at radius 1 is 1.47 bits per heavy atom. The Morgan fingerprint density at radius 3 is 2.59 bits per heavy atom. The minimum absolute atomic E-state index is 0.0911. The first-order valence-electron chi connectivity index (χ1n) is 5.91. The first kappa shape index (κ1) is 14.3. The molecule has 1 aliphatic heterocycles. The second kappa shape index (κ2) is 6.26. The lowest BCUT2D eigenvalue weighted by atomic mass is 10.2. The summed E-state index contributed by atoms with van der Waals surface area (Å²) in [6.07, 6.45) is 0.218. The van der Waals surface area contributed by atoms with Crippen LogP contribution in [-0.2, 0) is 20.4 Å². The molecule has 0 aromatic heterocycles. The third-order valence-electron chi connectivity index (χ3n) is 2.74. The lowest BCUT2D eigenvalue weighted by Crippen LogP contribution is -2.42. The molecule has 0 aromatic rings. The van der Waals surface area contributed by atoms with Crippen LogP contribution in [0.2, 0.25) is 0 Å². The van der Waals surface area contributed by atoms with E-state index in [4.69, 9.17) is 0 Å². The molecule has 6 heteroatoms. The number of nitrogens with one attached hydrogen (secondary N) is 1. The number of hydrogen-bond acceptors (Lipinski definition) is 4. The van der Waals surface area contributed by atoms with E-state index in [1.165, 1.54) is 4.90 Å². The van der Waals surface area contributed by atoms with E-state index >= 15 is 0 Å². The zero-order valence-electron chi connectivity index (χ0n) is 10.6. The summed E-state index contributed by atoms with van der Waals surface area (Å²) in [6, 6.07) is -0.523. The highest BCUT2D eigenvalue weighted by molar-refractivity contribution is 7.84. The van der Waals surface area contributed by atoms with Crippen LogP contribution in [0.25, 0.3) is 0 Å². The summed E-state index contributed by atoms with van der Waals surface area (Å²) >= 11 is 0. The molecule has 1 fully saturated rings. The summed E-state index contributed by atoms with van der Waals surface area (Å²) < 4.78 is 11.2. The zero-order chi connectivity index (χ0) is 13.0. The highest BCUT2D eigenvalue weighted by Crippen LogP contribution is 2.15. The number of hydrogen-bond donors (Lipinski definition) is 1. The molecule has 0 aliphatic carbocycles. The predicted octanol–water partition coefficient (Wildman–Crippen LogP) is -0.119. The first-order valence-corrected chi connectivity index (χ1v) is 7.40. The van der Waals surface area contributed by atoms with Crippen molar-refractivity contribution in [2.24, 2.45) is 0 Å². The molecule has 0 bridgehead atoms. The molecule has 1 saturated heterocycles. The number of carbonyl (C=O) groups is 2. The van der Waals surface area contributed by atoms with Gasteiger partial charge in [-0.3, -0.25) is 18.7 Å². The minimum atomic E-state index is -0.837. The van der Waals surface area contributed by atoms with Gasteiger partial charge in [-0.15, -0.1) is 0 Å². The molecule has 2 atom stereocenters. The number of carbonyl (C=O) groups excluding carboxylic acids is 2. The molecule has 5 nitrogen and oxygen atoms in total. The van der Waals surface area contributed by atoms with Crippen LogP contribution in [-0.4, -0.2) is 51.1 Å². The van der Waals surface area contributed by atoms with Gasteiger partial charge in [0.15, 0.2) is 0 Å². The smallest absolute Gasteiger partial charge is 0.247 e. The summed E-state index contributed by atoms with van der Waals surface area (Å²) in [4.78, 5) is 24.8. The van der Waals surface area contributed by atoms with E-state index in [9.17, 15) is 13.8 Å². The SMILES string of the molecule is CCS(=O)CCNC1CC(=O)N(C(C)C)C1=O. The third kappa shape index (κ3) is 3.61. The van der Waals surface area contributed by atoms with E-state index in [0.29, 0.717) is 18.1 Å². The zero-order valence-corrected chi connectivity index (χ0v) is 11.4. The van der Waals surface area contributed by atoms with Gasteiger partial charge in [0.2, 0.25) is 11.8 Å². The van der Waals surface area contributed by atoms with E-state index in [-0.39, 0.29) is 24.3 Å². The van der Waals surface area contributed by atoms with Crippen molar-refractivity contribution in [3.05, 3.63) is 0 Å². The molecule has 2 amide bonds. The quantitative estimate of drug-likeness (QED) is 0.676. The summed E-state index contributed by atoms with van der Waals surface area (Å²) in [5.41, 5.74) is 0. The van der Waals surface area contributed by atoms with Crippen molar-refractivity contribution in [1.29, 1.82) is 0 Å². The van der Waals surface area contributed by atoms with E-state index in [0.717, 1.165) is 0 Å². The van der Waals surface area contributed by atoms with Crippen LogP contribution in [0.3, 0.4) is 0 Å². The second-order valence-electron chi connectivity index (χ2n) is 4.34. The second-order valence-corrected chi connectivity index (χ2v) is 6.20. The maximum absolute atomic E-state index is 11.9. The molecule has 2 unspecified atom stereocenters. The van der Waals surface area contributed by atoms with E-state index in [1.807, 2.05) is 20.8 Å². The molecule has 0 radical (unpaired) electrons. The van der Waals surface area contributed by atoms with Crippen molar-refractivity contribution in [1.82, 2.24) is 10.2 Å². The highest BCUT2D eigenvalue weighted by atomic mass is 32.2. The average molecular weight is 260 g/mol. The molecule has 0 spiro atoms. The van der Waals surface area contributed by atoms with Gasteiger partial charge in [0.1, 0.15) is 0 Å². The third-order valence-corrected chi connectivity index (χ3v) is 4.05. The molecule has 0 saturated carbocycles. The van der Waals surface area contributed by atoms with Gasteiger partial charge in [0.05, 0.1) is 12.5 Å². The molecule has 1 aliphatic rings. The molecule has 1 N–H and O–H groups in total. The summed E-state index contributed by atoms with van der Waals surface area (Å²) in [5, 5.41) is 3.01. The Kier molecular flexibility index (Phi) is 5.27. The molecular formula is C11H20N2O3S. The molecule has 0 aromatic carbocycles. The first-order chi connectivity index (χ1) is 7.97. The van der Waals surface area contributed by atoms with Gasteiger partial charge in [-0.1, -0.05) is 6.92 Å². The monoisotopic (exact) mass is 260 g/mol. The lowest BCUT2D eigenvalue weighted by molar-refractivity contribution is -0.140. The van der Waals surface area contributed by atoms with Crippen molar-refractivity contribution in [3.63, 3.8) is 0 Å². The Bertz CT molecular complexity index is 331. The molecule has 1 heterocycles. The molecular weight excluding hydrogens is 240 g/mol. The fourth-order valence-corrected chi connectivity index (χ4v) is 2.48. The minimum Gasteiger partial charge on any atom is -0.305 e. The van der Waals surface area contributed by atoms with Crippen molar-refractivity contribution in [2.75, 3.05) is 18.1 Å². The number of imide groups is 1. The molecule has 1 rings (SSSR count). The summed E-state index contributed by atoms with van der Waals surface area (Å²) in [5.74, 6) is 0.861. The van der Waals surface area contributed by atoms with Gasteiger partial charge in [0.25, 0.3) is 0 Å². The van der Waals surface area contributed by atoms with Gasteiger partial charge in [0, 0.05) is 34.9 Å². The van der Waals surface area contributed by atoms with Crippen LogP contribution in [0, 0.1) is 0 Å². The lowest BCUT2D eigenvalue weighted by Gasteiger charge is -2.19. The summed E-state index contributed by atoms with van der Waals surface area (Å²) in [6.45, 7) is 6.02. The number of amides is 2. The van der Waals surface area contributed by atoms with E-state index in [2.05, 4.69) is 5.32 Å². The summed E-state index contributed by atoms with van der Waals surface area (Å²) in [7, 11) is -0.837. The maximum atomic E-state index is 11.9. The van der Waals surface area contributed by atoms with Crippen LogP contribution in [0.4, 0.5) is 0 Å². The van der Waals surface area contributed by atoms with Crippen molar-refractivity contribution in [2.45, 2.75) is 39.3 Å². The largest absolute Gasteiger partial charge is 0.305 e. The topological polar surface area (TPSA) is 66.5 Å². The Morgan fingerprint density at radius 2 is 2.12 bits per heavy atom. The molecule has 17 heavy (non-hydrogen) atoms. The van der Waals surface area contributed by atoms with Gasteiger partial charge in [-0.05, 0) is 13.8 Å². The highest BCUT2D eigenvalue weighted by Gasteiger charge is 2.39.